The van der Waals surface area contributed by atoms with Crippen molar-refractivity contribution in [3.05, 3.63) is 48.3 Å². The van der Waals surface area contributed by atoms with E-state index in [0.29, 0.717) is 12.6 Å². The molecule has 0 saturated carbocycles. The van der Waals surface area contributed by atoms with Gasteiger partial charge in [0.05, 0.1) is 24.7 Å². The molecule has 6 nitrogen and oxygen atoms in total. The number of likely N-dealkylation sites (tertiary alicyclic amines) is 1. The van der Waals surface area contributed by atoms with E-state index >= 15 is 0 Å². The van der Waals surface area contributed by atoms with E-state index in [1.165, 1.54) is 0 Å². The van der Waals surface area contributed by atoms with Gasteiger partial charge < -0.3 is 10.1 Å². The zero-order valence-corrected chi connectivity index (χ0v) is 13.8. The van der Waals surface area contributed by atoms with Crippen LogP contribution in [0.1, 0.15) is 31.0 Å². The zero-order chi connectivity index (χ0) is 16.5. The number of nitrogens with one attached hydrogen (secondary N) is 1. The fourth-order valence-electron chi connectivity index (χ4n) is 3.42. The first-order valence-corrected chi connectivity index (χ1v) is 8.47. The summed E-state index contributed by atoms with van der Waals surface area (Å²) >= 11 is 0. The molecule has 2 aromatic rings. The van der Waals surface area contributed by atoms with Crippen molar-refractivity contribution < 1.29 is 9.53 Å². The van der Waals surface area contributed by atoms with Gasteiger partial charge in [-0.15, -0.1) is 0 Å². The lowest BCUT2D eigenvalue weighted by Gasteiger charge is -2.42. The van der Waals surface area contributed by atoms with E-state index in [2.05, 4.69) is 15.3 Å². The molecular formula is C18H22N4O2. The summed E-state index contributed by atoms with van der Waals surface area (Å²) in [6, 6.07) is 10.1. The van der Waals surface area contributed by atoms with E-state index in [4.69, 9.17) is 4.74 Å². The first-order chi connectivity index (χ1) is 11.7. The van der Waals surface area contributed by atoms with Gasteiger partial charge in [0.15, 0.2) is 0 Å². The topological polar surface area (TPSA) is 59.4 Å². The minimum Gasteiger partial charge on any atom is -0.493 e. The molecule has 1 saturated heterocycles. The van der Waals surface area contributed by atoms with Crippen molar-refractivity contribution in [3.8, 4) is 5.75 Å². The minimum atomic E-state index is -0.133. The molecule has 0 aliphatic carbocycles. The van der Waals surface area contributed by atoms with E-state index < -0.39 is 0 Å². The van der Waals surface area contributed by atoms with Gasteiger partial charge in [-0.1, -0.05) is 18.2 Å². The van der Waals surface area contributed by atoms with Gasteiger partial charge in [0, 0.05) is 37.5 Å². The summed E-state index contributed by atoms with van der Waals surface area (Å²) in [5, 5.41) is 7.46. The van der Waals surface area contributed by atoms with Gasteiger partial charge in [0.2, 0.25) is 5.91 Å². The number of nitrogens with zero attached hydrogens (tertiary/aromatic N) is 3. The summed E-state index contributed by atoms with van der Waals surface area (Å²) in [7, 11) is 0. The number of para-hydroxylation sites is 1. The van der Waals surface area contributed by atoms with Crippen molar-refractivity contribution in [1.29, 1.82) is 0 Å². The van der Waals surface area contributed by atoms with Crippen LogP contribution in [0.25, 0.3) is 0 Å². The fraction of sp³-hybridized carbons (Fsp3) is 0.444. The number of aromatic nitrogens is 2. The zero-order valence-electron chi connectivity index (χ0n) is 13.8. The summed E-state index contributed by atoms with van der Waals surface area (Å²) < 4.78 is 7.63. The number of hydrogen-bond acceptors (Lipinski definition) is 4. The van der Waals surface area contributed by atoms with Crippen LogP contribution in [0.2, 0.25) is 0 Å². The van der Waals surface area contributed by atoms with E-state index in [-0.39, 0.29) is 18.0 Å². The van der Waals surface area contributed by atoms with Crippen LogP contribution < -0.4 is 10.1 Å². The predicted octanol–water partition coefficient (Wildman–Crippen LogP) is 1.77. The van der Waals surface area contributed by atoms with Gasteiger partial charge in [-0.05, 0) is 19.1 Å². The van der Waals surface area contributed by atoms with Crippen LogP contribution in [0, 0.1) is 0 Å². The molecule has 0 spiro atoms. The molecule has 2 atom stereocenters. The largest absolute Gasteiger partial charge is 0.493 e. The first kappa shape index (κ1) is 15.2. The molecular weight excluding hydrogens is 304 g/mol. The molecule has 6 heteroatoms. The third-order valence-electron chi connectivity index (χ3n) is 4.99. The van der Waals surface area contributed by atoms with E-state index in [9.17, 15) is 4.79 Å². The van der Waals surface area contributed by atoms with E-state index in [0.717, 1.165) is 30.8 Å². The second-order valence-corrected chi connectivity index (χ2v) is 6.51. The summed E-state index contributed by atoms with van der Waals surface area (Å²) in [6.07, 6.45) is 4.58. The summed E-state index contributed by atoms with van der Waals surface area (Å²) in [6.45, 7) is 4.34. The average Bonchev–Trinajstić information content (AvgIpc) is 3.08. The lowest BCUT2D eigenvalue weighted by Crippen LogP contribution is -2.56. The number of carbonyl (C=O) groups is 1. The fourth-order valence-corrected chi connectivity index (χ4v) is 3.42. The molecule has 2 aliphatic rings. The molecule has 0 bridgehead atoms. The van der Waals surface area contributed by atoms with Crippen LogP contribution >= 0.6 is 0 Å². The lowest BCUT2D eigenvalue weighted by atomic mass is 9.99. The van der Waals surface area contributed by atoms with Crippen LogP contribution in [-0.4, -0.2) is 46.3 Å². The highest BCUT2D eigenvalue weighted by atomic mass is 16.5. The Morgan fingerprint density at radius 2 is 2.17 bits per heavy atom. The van der Waals surface area contributed by atoms with Crippen LogP contribution in [0.3, 0.4) is 0 Å². The number of ether oxygens (including phenoxy) is 1. The van der Waals surface area contributed by atoms with Gasteiger partial charge in [0.1, 0.15) is 5.75 Å². The molecule has 126 valence electrons. The highest BCUT2D eigenvalue weighted by Gasteiger charge is 2.35. The molecule has 1 fully saturated rings. The molecule has 1 N–H and O–H groups in total. The van der Waals surface area contributed by atoms with Crippen LogP contribution in [-0.2, 0) is 4.79 Å². The van der Waals surface area contributed by atoms with Gasteiger partial charge in [-0.25, -0.2) is 0 Å². The Labute approximate surface area is 141 Å². The number of benzene rings is 1. The molecule has 1 aromatic carbocycles. The van der Waals surface area contributed by atoms with Gasteiger partial charge in [0.25, 0.3) is 0 Å². The van der Waals surface area contributed by atoms with E-state index in [1.54, 1.807) is 6.20 Å². The predicted molar refractivity (Wildman–Crippen MR) is 89.7 cm³/mol. The SMILES string of the molecule is CC(C(=O)NC1CCOc2ccccc21)N1CC(n2cccn2)C1. The molecule has 4 rings (SSSR count). The molecule has 1 aromatic heterocycles. The molecule has 2 aliphatic heterocycles. The highest BCUT2D eigenvalue weighted by molar-refractivity contribution is 5.82. The van der Waals surface area contributed by atoms with Gasteiger partial charge >= 0.3 is 0 Å². The average molecular weight is 326 g/mol. The Hall–Kier alpha value is -2.34. The third kappa shape index (κ3) is 2.78. The van der Waals surface area contributed by atoms with Crippen LogP contribution in [0.4, 0.5) is 0 Å². The molecule has 24 heavy (non-hydrogen) atoms. The second kappa shape index (κ2) is 6.28. The maximum atomic E-state index is 12.6. The number of fused-ring (bicyclic) bond motifs is 1. The minimum absolute atomic E-state index is 0.0353. The van der Waals surface area contributed by atoms with Crippen LogP contribution in [0.15, 0.2) is 42.7 Å². The van der Waals surface area contributed by atoms with Gasteiger partial charge in [-0.3, -0.25) is 14.4 Å². The maximum absolute atomic E-state index is 12.6. The van der Waals surface area contributed by atoms with Crippen molar-refractivity contribution in [1.82, 2.24) is 20.0 Å². The number of amides is 1. The van der Waals surface area contributed by atoms with E-state index in [1.807, 2.05) is 48.1 Å². The quantitative estimate of drug-likeness (QED) is 0.930. The number of rotatable bonds is 4. The van der Waals surface area contributed by atoms with Crippen molar-refractivity contribution in [2.24, 2.45) is 0 Å². The Morgan fingerprint density at radius 1 is 1.33 bits per heavy atom. The smallest absolute Gasteiger partial charge is 0.237 e. The van der Waals surface area contributed by atoms with Gasteiger partial charge in [-0.2, -0.15) is 5.10 Å². The maximum Gasteiger partial charge on any atom is 0.237 e. The van der Waals surface area contributed by atoms with Crippen LogP contribution in [0.5, 0.6) is 5.75 Å². The molecule has 2 unspecified atom stereocenters. The Balaban J connectivity index is 1.35. The highest BCUT2D eigenvalue weighted by Crippen LogP contribution is 2.32. The van der Waals surface area contributed by atoms with Crippen molar-refractivity contribution in [3.63, 3.8) is 0 Å². The normalized spacial score (nSPS) is 22.1. The Morgan fingerprint density at radius 3 is 2.96 bits per heavy atom. The number of hydrogen-bond donors (Lipinski definition) is 1. The number of carbonyl (C=O) groups excluding carboxylic acids is 1. The Bertz CT molecular complexity index is 710. The van der Waals surface area contributed by atoms with Crippen molar-refractivity contribution in [2.45, 2.75) is 31.5 Å². The standard InChI is InChI=1S/C18H22N4O2/c1-13(21-11-14(12-21)22-9-4-8-19-22)18(23)20-16-7-10-24-17-6-3-2-5-15(16)17/h2-6,8-9,13-14,16H,7,10-12H2,1H3,(H,20,23). The second-order valence-electron chi connectivity index (χ2n) is 6.51. The Kier molecular flexibility index (Phi) is 3.98. The monoisotopic (exact) mass is 326 g/mol. The molecule has 0 radical (unpaired) electrons. The summed E-state index contributed by atoms with van der Waals surface area (Å²) in [4.78, 5) is 14.8. The summed E-state index contributed by atoms with van der Waals surface area (Å²) in [5.41, 5.74) is 1.07. The summed E-state index contributed by atoms with van der Waals surface area (Å²) in [5.74, 6) is 0.958. The molecule has 1 amide bonds. The first-order valence-electron chi connectivity index (χ1n) is 8.47. The van der Waals surface area contributed by atoms with Crippen molar-refractivity contribution in [2.75, 3.05) is 19.7 Å². The molecule has 3 heterocycles. The van der Waals surface area contributed by atoms with Crippen molar-refractivity contribution >= 4 is 5.91 Å². The lowest BCUT2D eigenvalue weighted by molar-refractivity contribution is -0.129. The third-order valence-corrected chi connectivity index (χ3v) is 4.99.